The van der Waals surface area contributed by atoms with Crippen molar-refractivity contribution in [3.63, 3.8) is 0 Å². The van der Waals surface area contributed by atoms with Crippen molar-refractivity contribution in [3.8, 4) is 0 Å². The molecule has 3 heterocycles. The molecule has 2 aromatic heterocycles. The van der Waals surface area contributed by atoms with Crippen molar-refractivity contribution in [2.75, 3.05) is 25.0 Å². The Morgan fingerprint density at radius 1 is 1.43 bits per heavy atom. The molecule has 0 aliphatic carbocycles. The standard InChI is InChI=1S/C15H22N6O2/c1-12-5-2-3-9-19(12)10-4-8-16-13-6-7-14-17-11-15(21(22)23)20(14)18-13/h6-7,11-12H,2-5,8-10H2,1H3,(H,16,18). The van der Waals surface area contributed by atoms with E-state index in [1.54, 1.807) is 12.1 Å². The van der Waals surface area contributed by atoms with Crippen molar-refractivity contribution in [3.05, 3.63) is 28.4 Å². The fourth-order valence-corrected chi connectivity index (χ4v) is 3.07. The maximum atomic E-state index is 10.9. The second kappa shape index (κ2) is 6.91. The summed E-state index contributed by atoms with van der Waals surface area (Å²) in [6.07, 6.45) is 6.17. The molecule has 0 spiro atoms. The van der Waals surface area contributed by atoms with Crippen LogP contribution in [0, 0.1) is 10.1 Å². The Morgan fingerprint density at radius 3 is 3.09 bits per heavy atom. The van der Waals surface area contributed by atoms with E-state index in [0.29, 0.717) is 17.5 Å². The number of nitrogens with one attached hydrogen (secondary N) is 1. The quantitative estimate of drug-likeness (QED) is 0.499. The topological polar surface area (TPSA) is 88.6 Å². The van der Waals surface area contributed by atoms with E-state index < -0.39 is 4.92 Å². The summed E-state index contributed by atoms with van der Waals surface area (Å²) in [5.74, 6) is 0.510. The van der Waals surface area contributed by atoms with E-state index in [2.05, 4.69) is 27.2 Å². The Balaban J connectivity index is 1.55. The number of anilines is 1. The van der Waals surface area contributed by atoms with Crippen LogP contribution in [0.15, 0.2) is 18.3 Å². The highest BCUT2D eigenvalue weighted by atomic mass is 16.6. The van der Waals surface area contributed by atoms with Gasteiger partial charge in [0.05, 0.1) is 0 Å². The van der Waals surface area contributed by atoms with E-state index >= 15 is 0 Å². The maximum Gasteiger partial charge on any atom is 0.368 e. The largest absolute Gasteiger partial charge is 0.368 e. The third kappa shape index (κ3) is 3.58. The second-order valence-electron chi connectivity index (χ2n) is 6.02. The molecule has 1 fully saturated rings. The predicted molar refractivity (Wildman–Crippen MR) is 87.6 cm³/mol. The lowest BCUT2D eigenvalue weighted by Gasteiger charge is -2.33. The van der Waals surface area contributed by atoms with Crippen molar-refractivity contribution < 1.29 is 4.92 Å². The van der Waals surface area contributed by atoms with Gasteiger partial charge in [-0.1, -0.05) is 16.0 Å². The number of aromatic nitrogens is 3. The van der Waals surface area contributed by atoms with Crippen LogP contribution in [0.25, 0.3) is 5.65 Å². The number of hydrogen-bond acceptors (Lipinski definition) is 6. The number of hydrogen-bond donors (Lipinski definition) is 1. The van der Waals surface area contributed by atoms with Crippen LogP contribution in [0.2, 0.25) is 0 Å². The highest BCUT2D eigenvalue weighted by molar-refractivity contribution is 5.48. The number of rotatable bonds is 6. The minimum absolute atomic E-state index is 0.120. The van der Waals surface area contributed by atoms with E-state index in [0.717, 1.165) is 19.5 Å². The maximum absolute atomic E-state index is 10.9. The molecule has 0 amide bonds. The van der Waals surface area contributed by atoms with Crippen LogP contribution in [0.1, 0.15) is 32.6 Å². The Labute approximate surface area is 134 Å². The van der Waals surface area contributed by atoms with Gasteiger partial charge >= 0.3 is 5.82 Å². The first-order chi connectivity index (χ1) is 11.1. The lowest BCUT2D eigenvalue weighted by atomic mass is 10.0. The van der Waals surface area contributed by atoms with Gasteiger partial charge in [-0.3, -0.25) is 0 Å². The van der Waals surface area contributed by atoms with Crippen LogP contribution in [0.4, 0.5) is 11.6 Å². The molecule has 0 bridgehead atoms. The van der Waals surface area contributed by atoms with Gasteiger partial charge in [0.1, 0.15) is 6.20 Å². The number of likely N-dealkylation sites (tertiary alicyclic amines) is 1. The van der Waals surface area contributed by atoms with Crippen LogP contribution >= 0.6 is 0 Å². The van der Waals surface area contributed by atoms with Gasteiger partial charge in [0.15, 0.2) is 5.82 Å². The van der Waals surface area contributed by atoms with E-state index in [1.165, 1.54) is 36.5 Å². The molecule has 0 saturated carbocycles. The minimum Gasteiger partial charge on any atom is -0.367 e. The molecular formula is C15H22N6O2. The molecular weight excluding hydrogens is 296 g/mol. The molecule has 3 rings (SSSR count). The van der Waals surface area contributed by atoms with Crippen molar-refractivity contribution in [2.24, 2.45) is 0 Å². The van der Waals surface area contributed by atoms with Crippen molar-refractivity contribution >= 4 is 17.3 Å². The second-order valence-corrected chi connectivity index (χ2v) is 6.02. The molecule has 1 atom stereocenters. The molecule has 124 valence electrons. The van der Waals surface area contributed by atoms with Crippen LogP contribution in [-0.4, -0.2) is 50.1 Å². The summed E-state index contributed by atoms with van der Waals surface area (Å²) in [4.78, 5) is 17.0. The average Bonchev–Trinajstić information content (AvgIpc) is 2.96. The summed E-state index contributed by atoms with van der Waals surface area (Å²) in [6.45, 7) is 5.35. The van der Waals surface area contributed by atoms with Gasteiger partial charge in [-0.25, -0.2) is 4.98 Å². The first kappa shape index (κ1) is 15.7. The summed E-state index contributed by atoms with van der Waals surface area (Å²) in [5.41, 5.74) is 0.476. The smallest absolute Gasteiger partial charge is 0.367 e. The van der Waals surface area contributed by atoms with Crippen LogP contribution in [0.3, 0.4) is 0 Å². The highest BCUT2D eigenvalue weighted by Crippen LogP contribution is 2.17. The highest BCUT2D eigenvalue weighted by Gasteiger charge is 2.18. The molecule has 1 unspecified atom stereocenters. The van der Waals surface area contributed by atoms with Crippen LogP contribution in [0.5, 0.6) is 0 Å². The number of nitro groups is 1. The summed E-state index contributed by atoms with van der Waals surface area (Å²) < 4.78 is 1.26. The third-order valence-electron chi connectivity index (χ3n) is 4.40. The molecule has 8 nitrogen and oxygen atoms in total. The van der Waals surface area contributed by atoms with E-state index in [1.807, 2.05) is 0 Å². The fourth-order valence-electron chi connectivity index (χ4n) is 3.07. The monoisotopic (exact) mass is 318 g/mol. The van der Waals surface area contributed by atoms with E-state index in [9.17, 15) is 10.1 Å². The van der Waals surface area contributed by atoms with Gasteiger partial charge in [-0.2, -0.15) is 0 Å². The van der Waals surface area contributed by atoms with Crippen molar-refractivity contribution in [1.82, 2.24) is 19.5 Å². The number of imidazole rings is 1. The Bertz CT molecular complexity index is 686. The molecule has 2 aromatic rings. The predicted octanol–water partition coefficient (Wildman–Crippen LogP) is 2.31. The Morgan fingerprint density at radius 2 is 2.30 bits per heavy atom. The fraction of sp³-hybridized carbons (Fsp3) is 0.600. The zero-order valence-electron chi connectivity index (χ0n) is 13.3. The summed E-state index contributed by atoms with van der Waals surface area (Å²) >= 11 is 0. The first-order valence-electron chi connectivity index (χ1n) is 8.12. The zero-order chi connectivity index (χ0) is 16.2. The normalized spacial score (nSPS) is 19.1. The molecule has 1 N–H and O–H groups in total. The zero-order valence-corrected chi connectivity index (χ0v) is 13.3. The summed E-state index contributed by atoms with van der Waals surface area (Å²) in [5, 5.41) is 18.4. The van der Waals surface area contributed by atoms with Crippen LogP contribution < -0.4 is 5.32 Å². The van der Waals surface area contributed by atoms with E-state index in [4.69, 9.17) is 0 Å². The van der Waals surface area contributed by atoms with Crippen molar-refractivity contribution in [1.29, 1.82) is 0 Å². The average molecular weight is 318 g/mol. The van der Waals surface area contributed by atoms with Gasteiger partial charge in [0, 0.05) is 25.2 Å². The number of piperidine rings is 1. The van der Waals surface area contributed by atoms with Crippen LogP contribution in [-0.2, 0) is 0 Å². The molecule has 8 heteroatoms. The molecule has 0 aromatic carbocycles. The molecule has 0 radical (unpaired) electrons. The number of nitrogens with zero attached hydrogens (tertiary/aromatic N) is 5. The number of fused-ring (bicyclic) bond motifs is 1. The summed E-state index contributed by atoms with van der Waals surface area (Å²) in [6, 6.07) is 4.21. The van der Waals surface area contributed by atoms with Gasteiger partial charge < -0.3 is 20.3 Å². The Kier molecular flexibility index (Phi) is 4.71. The van der Waals surface area contributed by atoms with Gasteiger partial charge in [0.2, 0.25) is 5.65 Å². The molecule has 1 aliphatic heterocycles. The van der Waals surface area contributed by atoms with E-state index in [-0.39, 0.29) is 5.82 Å². The molecule has 1 aliphatic rings. The lowest BCUT2D eigenvalue weighted by molar-refractivity contribution is -0.391. The first-order valence-corrected chi connectivity index (χ1v) is 8.12. The molecule has 23 heavy (non-hydrogen) atoms. The molecule has 1 saturated heterocycles. The minimum atomic E-state index is -0.478. The SMILES string of the molecule is CC1CCCCN1CCCNc1ccc2ncc([N+](=O)[O-])n2n1. The Hall–Kier alpha value is -2.22. The van der Waals surface area contributed by atoms with Gasteiger partial charge in [-0.05, 0) is 43.7 Å². The van der Waals surface area contributed by atoms with Gasteiger partial charge in [0.25, 0.3) is 0 Å². The lowest BCUT2D eigenvalue weighted by Crippen LogP contribution is -2.38. The van der Waals surface area contributed by atoms with Crippen molar-refractivity contribution in [2.45, 2.75) is 38.6 Å². The van der Waals surface area contributed by atoms with Gasteiger partial charge in [-0.15, -0.1) is 0 Å². The summed E-state index contributed by atoms with van der Waals surface area (Å²) in [7, 11) is 0. The third-order valence-corrected chi connectivity index (χ3v) is 4.40.